The van der Waals surface area contributed by atoms with Crippen LogP contribution >= 0.6 is 0 Å². The SMILES string of the molecule is COc1ccc(OC)c(NC(=O)c2ccc(N3CCN(C)CC3)nn2)c1. The first-order chi connectivity index (χ1) is 12.6. The molecule has 1 aromatic carbocycles. The van der Waals surface area contributed by atoms with E-state index in [0.717, 1.165) is 32.0 Å². The number of anilines is 2. The van der Waals surface area contributed by atoms with E-state index in [4.69, 9.17) is 9.47 Å². The van der Waals surface area contributed by atoms with Gasteiger partial charge >= 0.3 is 0 Å². The molecule has 8 heteroatoms. The number of methoxy groups -OCH3 is 2. The minimum atomic E-state index is -0.353. The number of nitrogens with zero attached hydrogens (tertiary/aromatic N) is 4. The number of benzene rings is 1. The second-order valence-corrected chi connectivity index (χ2v) is 6.09. The zero-order chi connectivity index (χ0) is 18.5. The van der Waals surface area contributed by atoms with Crippen LogP contribution in [0.4, 0.5) is 11.5 Å². The minimum Gasteiger partial charge on any atom is -0.497 e. The summed E-state index contributed by atoms with van der Waals surface area (Å²) in [6.45, 7) is 3.77. The molecule has 0 bridgehead atoms. The summed E-state index contributed by atoms with van der Waals surface area (Å²) in [5, 5.41) is 11.1. The molecule has 1 fully saturated rings. The predicted octanol–water partition coefficient (Wildman–Crippen LogP) is 1.50. The topological polar surface area (TPSA) is 79.8 Å². The number of hydrogen-bond acceptors (Lipinski definition) is 7. The van der Waals surface area contributed by atoms with Crippen LogP contribution in [-0.4, -0.2) is 68.5 Å². The lowest BCUT2D eigenvalue weighted by atomic mass is 10.2. The third-order valence-corrected chi connectivity index (χ3v) is 4.37. The third-order valence-electron chi connectivity index (χ3n) is 4.37. The molecular weight excluding hydrogens is 334 g/mol. The van der Waals surface area contributed by atoms with E-state index in [1.807, 2.05) is 6.07 Å². The zero-order valence-electron chi connectivity index (χ0n) is 15.2. The summed E-state index contributed by atoms with van der Waals surface area (Å²) in [5.41, 5.74) is 0.759. The van der Waals surface area contributed by atoms with Gasteiger partial charge in [0.25, 0.3) is 5.91 Å². The van der Waals surface area contributed by atoms with Crippen molar-refractivity contribution in [1.29, 1.82) is 0 Å². The lowest BCUT2D eigenvalue weighted by Gasteiger charge is -2.32. The van der Waals surface area contributed by atoms with Crippen LogP contribution in [0.15, 0.2) is 30.3 Å². The molecule has 0 atom stereocenters. The molecule has 2 aromatic rings. The fourth-order valence-corrected chi connectivity index (χ4v) is 2.75. The number of nitrogens with one attached hydrogen (secondary N) is 1. The molecule has 1 aliphatic rings. The van der Waals surface area contributed by atoms with E-state index >= 15 is 0 Å². The van der Waals surface area contributed by atoms with Gasteiger partial charge in [0, 0.05) is 32.2 Å². The monoisotopic (exact) mass is 357 g/mol. The van der Waals surface area contributed by atoms with Crippen molar-refractivity contribution in [2.24, 2.45) is 0 Å². The van der Waals surface area contributed by atoms with Gasteiger partial charge in [0.1, 0.15) is 11.5 Å². The van der Waals surface area contributed by atoms with E-state index in [9.17, 15) is 4.79 Å². The fraction of sp³-hybridized carbons (Fsp3) is 0.389. The molecular formula is C18H23N5O3. The van der Waals surface area contributed by atoms with Gasteiger partial charge in [-0.1, -0.05) is 0 Å². The summed E-state index contributed by atoms with van der Waals surface area (Å²) < 4.78 is 10.5. The second kappa shape index (κ2) is 8.01. The summed E-state index contributed by atoms with van der Waals surface area (Å²) in [7, 11) is 5.21. The molecule has 1 saturated heterocycles. The summed E-state index contributed by atoms with van der Waals surface area (Å²) in [4.78, 5) is 16.9. The largest absolute Gasteiger partial charge is 0.497 e. The van der Waals surface area contributed by atoms with Crippen LogP contribution in [0, 0.1) is 0 Å². The smallest absolute Gasteiger partial charge is 0.276 e. The molecule has 8 nitrogen and oxygen atoms in total. The number of amides is 1. The average molecular weight is 357 g/mol. The molecule has 0 unspecified atom stereocenters. The first-order valence-electron chi connectivity index (χ1n) is 8.41. The Labute approximate surface area is 152 Å². The molecule has 1 amide bonds. The number of likely N-dealkylation sites (N-methyl/N-ethyl adjacent to an activating group) is 1. The van der Waals surface area contributed by atoms with Crippen molar-refractivity contribution >= 4 is 17.4 Å². The molecule has 0 saturated carbocycles. The molecule has 1 aliphatic heterocycles. The number of carbonyl (C=O) groups is 1. The summed E-state index contributed by atoms with van der Waals surface area (Å²) in [5.74, 6) is 1.60. The first-order valence-corrected chi connectivity index (χ1v) is 8.41. The molecule has 1 N–H and O–H groups in total. The number of piperazine rings is 1. The van der Waals surface area contributed by atoms with Crippen molar-refractivity contribution in [2.45, 2.75) is 0 Å². The van der Waals surface area contributed by atoms with Crippen molar-refractivity contribution in [2.75, 3.05) is 57.7 Å². The van der Waals surface area contributed by atoms with Gasteiger partial charge < -0.3 is 24.6 Å². The maximum Gasteiger partial charge on any atom is 0.276 e. The van der Waals surface area contributed by atoms with E-state index in [0.29, 0.717) is 17.2 Å². The van der Waals surface area contributed by atoms with Crippen molar-refractivity contribution in [3.63, 3.8) is 0 Å². The minimum absolute atomic E-state index is 0.243. The number of carbonyl (C=O) groups excluding carboxylic acids is 1. The van der Waals surface area contributed by atoms with Crippen LogP contribution < -0.4 is 19.7 Å². The van der Waals surface area contributed by atoms with E-state index in [1.54, 1.807) is 38.5 Å². The standard InChI is InChI=1S/C18H23N5O3/c1-22-8-10-23(11-9-22)17-7-5-14(20-21-17)18(24)19-15-12-13(25-2)4-6-16(15)26-3/h4-7,12H,8-11H2,1-3H3,(H,19,24). The Morgan fingerprint density at radius 1 is 1.04 bits per heavy atom. The van der Waals surface area contributed by atoms with Gasteiger partial charge in [0.2, 0.25) is 0 Å². The van der Waals surface area contributed by atoms with Crippen molar-refractivity contribution in [1.82, 2.24) is 15.1 Å². The van der Waals surface area contributed by atoms with Gasteiger partial charge in [-0.05, 0) is 31.3 Å². The normalized spacial score (nSPS) is 14.8. The zero-order valence-corrected chi connectivity index (χ0v) is 15.2. The molecule has 0 spiro atoms. The summed E-state index contributed by atoms with van der Waals surface area (Å²) >= 11 is 0. The van der Waals surface area contributed by atoms with Gasteiger partial charge in [-0.25, -0.2) is 0 Å². The lowest BCUT2D eigenvalue weighted by molar-refractivity contribution is 0.102. The van der Waals surface area contributed by atoms with Crippen molar-refractivity contribution in [3.8, 4) is 11.5 Å². The predicted molar refractivity (Wildman–Crippen MR) is 99.2 cm³/mol. The Hall–Kier alpha value is -2.87. The van der Waals surface area contributed by atoms with E-state index in [-0.39, 0.29) is 11.6 Å². The molecule has 1 aromatic heterocycles. The number of hydrogen-bond donors (Lipinski definition) is 1. The maximum absolute atomic E-state index is 12.5. The van der Waals surface area contributed by atoms with Crippen LogP contribution in [0.25, 0.3) is 0 Å². The van der Waals surface area contributed by atoms with Gasteiger partial charge in [-0.2, -0.15) is 0 Å². The van der Waals surface area contributed by atoms with E-state index < -0.39 is 0 Å². The summed E-state index contributed by atoms with van der Waals surface area (Å²) in [6, 6.07) is 8.71. The second-order valence-electron chi connectivity index (χ2n) is 6.09. The Morgan fingerprint density at radius 2 is 1.81 bits per heavy atom. The molecule has 0 aliphatic carbocycles. The van der Waals surface area contributed by atoms with Gasteiger partial charge in [0.05, 0.1) is 19.9 Å². The highest BCUT2D eigenvalue weighted by Crippen LogP contribution is 2.29. The van der Waals surface area contributed by atoms with Gasteiger partial charge in [-0.15, -0.1) is 10.2 Å². The van der Waals surface area contributed by atoms with E-state index in [1.165, 1.54) is 0 Å². The van der Waals surface area contributed by atoms with Crippen molar-refractivity contribution < 1.29 is 14.3 Å². The Morgan fingerprint density at radius 3 is 2.42 bits per heavy atom. The quantitative estimate of drug-likeness (QED) is 0.868. The van der Waals surface area contributed by atoms with Gasteiger partial charge in [0.15, 0.2) is 11.5 Å². The van der Waals surface area contributed by atoms with Crippen LogP contribution in [-0.2, 0) is 0 Å². The first kappa shape index (κ1) is 17.9. The highest BCUT2D eigenvalue weighted by Gasteiger charge is 2.17. The van der Waals surface area contributed by atoms with Crippen LogP contribution in [0.1, 0.15) is 10.5 Å². The fourth-order valence-electron chi connectivity index (χ4n) is 2.75. The average Bonchev–Trinajstić information content (AvgIpc) is 2.68. The lowest BCUT2D eigenvalue weighted by Crippen LogP contribution is -2.44. The number of aromatic nitrogens is 2. The maximum atomic E-state index is 12.5. The molecule has 2 heterocycles. The Bertz CT molecular complexity index is 758. The summed E-state index contributed by atoms with van der Waals surface area (Å²) in [6.07, 6.45) is 0. The van der Waals surface area contributed by atoms with Crippen LogP contribution in [0.5, 0.6) is 11.5 Å². The molecule has 0 radical (unpaired) electrons. The van der Waals surface area contributed by atoms with Crippen LogP contribution in [0.2, 0.25) is 0 Å². The number of ether oxygens (including phenoxy) is 2. The highest BCUT2D eigenvalue weighted by atomic mass is 16.5. The van der Waals surface area contributed by atoms with E-state index in [2.05, 4.69) is 32.4 Å². The van der Waals surface area contributed by atoms with Crippen molar-refractivity contribution in [3.05, 3.63) is 36.0 Å². The number of rotatable bonds is 5. The molecule has 3 rings (SSSR count). The highest BCUT2D eigenvalue weighted by molar-refractivity contribution is 6.03. The Kier molecular flexibility index (Phi) is 5.52. The third kappa shape index (κ3) is 4.02. The molecule has 138 valence electrons. The van der Waals surface area contributed by atoms with Crippen LogP contribution in [0.3, 0.4) is 0 Å². The van der Waals surface area contributed by atoms with Gasteiger partial charge in [-0.3, -0.25) is 4.79 Å². The Balaban J connectivity index is 1.70. The molecule has 26 heavy (non-hydrogen) atoms.